The molecule has 0 spiro atoms. The van der Waals surface area contributed by atoms with Crippen molar-refractivity contribution < 1.29 is 14.8 Å². The molecule has 1 heterocycles. The number of aliphatic carboxylic acids is 1. The van der Waals surface area contributed by atoms with Crippen molar-refractivity contribution in [2.45, 2.75) is 39.2 Å². The molecule has 0 bridgehead atoms. The van der Waals surface area contributed by atoms with E-state index in [9.17, 15) is 14.9 Å². The second-order valence-corrected chi connectivity index (χ2v) is 5.99. The molecule has 0 amide bonds. The summed E-state index contributed by atoms with van der Waals surface area (Å²) in [5.41, 5.74) is 1.87. The quantitative estimate of drug-likeness (QED) is 0.645. The molecule has 0 aliphatic carbocycles. The molecule has 1 aromatic carbocycles. The van der Waals surface area contributed by atoms with Gasteiger partial charge in [-0.2, -0.15) is 0 Å². The molecule has 2 rings (SSSR count). The number of hydrogen-bond acceptors (Lipinski definition) is 4. The third kappa shape index (κ3) is 4.27. The summed E-state index contributed by atoms with van der Waals surface area (Å²) < 4.78 is 0. The Morgan fingerprint density at radius 1 is 1.50 bits per heavy atom. The zero-order valence-corrected chi connectivity index (χ0v) is 12.8. The van der Waals surface area contributed by atoms with Crippen LogP contribution in [-0.2, 0) is 11.3 Å². The number of carboxylic acids is 1. The van der Waals surface area contributed by atoms with Crippen LogP contribution >= 0.6 is 0 Å². The first kappa shape index (κ1) is 16.4. The molecule has 1 aromatic rings. The summed E-state index contributed by atoms with van der Waals surface area (Å²) in [6, 6.07) is 5.19. The van der Waals surface area contributed by atoms with Gasteiger partial charge in [-0.25, -0.2) is 0 Å². The molecule has 0 saturated carbocycles. The predicted octanol–water partition coefficient (Wildman–Crippen LogP) is 2.98. The number of rotatable bonds is 6. The summed E-state index contributed by atoms with van der Waals surface area (Å²) in [6.45, 7) is 4.32. The smallest absolute Gasteiger partial charge is 0.303 e. The molecule has 0 radical (unpaired) electrons. The maximum atomic E-state index is 11.0. The summed E-state index contributed by atoms with van der Waals surface area (Å²) in [7, 11) is 0. The lowest BCUT2D eigenvalue weighted by Crippen LogP contribution is -2.35. The standard InChI is InChI=1S/C16H22N2O4/c1-12-14(5-2-6-15(12)18(21)22)11-17-9-3-4-13(10-17)7-8-16(19)20/h2,5-6,13H,3-4,7-11H2,1H3,(H,19,20). The highest BCUT2D eigenvalue weighted by atomic mass is 16.6. The number of nitro groups is 1. The second kappa shape index (κ2) is 7.35. The number of hydrogen-bond donors (Lipinski definition) is 1. The Labute approximate surface area is 129 Å². The van der Waals surface area contributed by atoms with Crippen molar-refractivity contribution in [1.29, 1.82) is 0 Å². The zero-order valence-electron chi connectivity index (χ0n) is 12.8. The molecule has 1 fully saturated rings. The predicted molar refractivity (Wildman–Crippen MR) is 82.7 cm³/mol. The van der Waals surface area contributed by atoms with Gasteiger partial charge in [0.1, 0.15) is 0 Å². The van der Waals surface area contributed by atoms with Gasteiger partial charge in [-0.05, 0) is 44.2 Å². The Morgan fingerprint density at radius 2 is 2.27 bits per heavy atom. The van der Waals surface area contributed by atoms with E-state index >= 15 is 0 Å². The van der Waals surface area contributed by atoms with Crippen molar-refractivity contribution in [3.63, 3.8) is 0 Å². The number of nitro benzene ring substituents is 1. The van der Waals surface area contributed by atoms with E-state index in [4.69, 9.17) is 5.11 Å². The number of carboxylic acid groups (broad SMARTS) is 1. The van der Waals surface area contributed by atoms with E-state index in [2.05, 4.69) is 4.90 Å². The highest BCUT2D eigenvalue weighted by Gasteiger charge is 2.22. The monoisotopic (exact) mass is 306 g/mol. The fourth-order valence-corrected chi connectivity index (χ4v) is 3.14. The first-order valence-corrected chi connectivity index (χ1v) is 7.64. The van der Waals surface area contributed by atoms with Gasteiger partial charge in [0.2, 0.25) is 0 Å². The molecular formula is C16H22N2O4. The van der Waals surface area contributed by atoms with Crippen LogP contribution in [-0.4, -0.2) is 34.0 Å². The lowest BCUT2D eigenvalue weighted by Gasteiger charge is -2.32. The van der Waals surface area contributed by atoms with Crippen LogP contribution in [0.15, 0.2) is 18.2 Å². The largest absolute Gasteiger partial charge is 0.481 e. The average Bonchev–Trinajstić information content (AvgIpc) is 2.47. The third-order valence-electron chi connectivity index (χ3n) is 4.38. The van der Waals surface area contributed by atoms with Crippen LogP contribution in [0.2, 0.25) is 0 Å². The van der Waals surface area contributed by atoms with E-state index < -0.39 is 5.97 Å². The Morgan fingerprint density at radius 3 is 2.95 bits per heavy atom. The van der Waals surface area contributed by atoms with Crippen molar-refractivity contribution in [2.24, 2.45) is 5.92 Å². The van der Waals surface area contributed by atoms with Gasteiger partial charge in [-0.15, -0.1) is 0 Å². The molecule has 1 aliphatic rings. The third-order valence-corrected chi connectivity index (χ3v) is 4.38. The van der Waals surface area contributed by atoms with E-state index in [0.29, 0.717) is 18.9 Å². The van der Waals surface area contributed by atoms with Crippen LogP contribution < -0.4 is 0 Å². The average molecular weight is 306 g/mol. The Balaban J connectivity index is 2.00. The van der Waals surface area contributed by atoms with Crippen molar-refractivity contribution in [3.8, 4) is 0 Å². The van der Waals surface area contributed by atoms with Gasteiger partial charge >= 0.3 is 5.97 Å². The van der Waals surface area contributed by atoms with E-state index in [1.165, 1.54) is 6.07 Å². The van der Waals surface area contributed by atoms with Crippen molar-refractivity contribution in [2.75, 3.05) is 13.1 Å². The molecule has 1 unspecified atom stereocenters. The minimum atomic E-state index is -0.744. The number of likely N-dealkylation sites (tertiary alicyclic amines) is 1. The molecule has 120 valence electrons. The summed E-state index contributed by atoms with van der Waals surface area (Å²) in [6.07, 6.45) is 3.05. The fourth-order valence-electron chi connectivity index (χ4n) is 3.14. The molecule has 0 aromatic heterocycles. The summed E-state index contributed by atoms with van der Waals surface area (Å²) in [4.78, 5) is 23.6. The van der Waals surface area contributed by atoms with E-state index in [0.717, 1.165) is 37.1 Å². The van der Waals surface area contributed by atoms with Crippen molar-refractivity contribution >= 4 is 11.7 Å². The van der Waals surface area contributed by atoms with Gasteiger partial charge < -0.3 is 5.11 Å². The summed E-state index contributed by atoms with van der Waals surface area (Å²) in [5.74, 6) is -0.337. The minimum Gasteiger partial charge on any atom is -0.481 e. The number of benzene rings is 1. The van der Waals surface area contributed by atoms with E-state index in [1.807, 2.05) is 6.07 Å². The van der Waals surface area contributed by atoms with Crippen molar-refractivity contribution in [1.82, 2.24) is 4.90 Å². The van der Waals surface area contributed by atoms with Crippen LogP contribution in [0.5, 0.6) is 0 Å². The van der Waals surface area contributed by atoms with Crippen LogP contribution in [0, 0.1) is 23.0 Å². The maximum absolute atomic E-state index is 11.0. The fraction of sp³-hybridized carbons (Fsp3) is 0.562. The molecular weight excluding hydrogens is 284 g/mol. The molecule has 1 N–H and O–H groups in total. The Hall–Kier alpha value is -1.95. The van der Waals surface area contributed by atoms with Gasteiger partial charge in [0.25, 0.3) is 5.69 Å². The lowest BCUT2D eigenvalue weighted by atomic mass is 9.93. The van der Waals surface area contributed by atoms with Crippen molar-refractivity contribution in [3.05, 3.63) is 39.4 Å². The highest BCUT2D eigenvalue weighted by Crippen LogP contribution is 2.26. The first-order valence-electron chi connectivity index (χ1n) is 7.64. The van der Waals surface area contributed by atoms with Gasteiger partial charge in [-0.1, -0.05) is 12.1 Å². The van der Waals surface area contributed by atoms with Gasteiger partial charge in [0, 0.05) is 31.1 Å². The topological polar surface area (TPSA) is 83.7 Å². The van der Waals surface area contributed by atoms with Crippen LogP contribution in [0.3, 0.4) is 0 Å². The van der Waals surface area contributed by atoms with Crippen LogP contribution in [0.25, 0.3) is 0 Å². The Kier molecular flexibility index (Phi) is 5.49. The van der Waals surface area contributed by atoms with E-state index in [1.54, 1.807) is 13.0 Å². The SMILES string of the molecule is Cc1c(CN2CCCC(CCC(=O)O)C2)cccc1[N+](=O)[O-]. The van der Waals surface area contributed by atoms with E-state index in [-0.39, 0.29) is 17.0 Å². The molecule has 1 aliphatic heterocycles. The molecule has 6 heteroatoms. The molecule has 1 saturated heterocycles. The number of carbonyl (C=O) groups is 1. The lowest BCUT2D eigenvalue weighted by molar-refractivity contribution is -0.385. The number of piperidine rings is 1. The molecule has 6 nitrogen and oxygen atoms in total. The Bertz CT molecular complexity index is 559. The van der Waals surface area contributed by atoms with Gasteiger partial charge in [0.15, 0.2) is 0 Å². The first-order chi connectivity index (χ1) is 10.5. The summed E-state index contributed by atoms with van der Waals surface area (Å²) in [5, 5.41) is 19.8. The molecule has 22 heavy (non-hydrogen) atoms. The normalized spacial score (nSPS) is 19.0. The van der Waals surface area contributed by atoms with Crippen LogP contribution in [0.4, 0.5) is 5.69 Å². The van der Waals surface area contributed by atoms with Crippen LogP contribution in [0.1, 0.15) is 36.8 Å². The highest BCUT2D eigenvalue weighted by molar-refractivity contribution is 5.66. The molecule has 1 atom stereocenters. The zero-order chi connectivity index (χ0) is 16.1. The number of nitrogens with zero attached hydrogens (tertiary/aromatic N) is 2. The van der Waals surface area contributed by atoms with Gasteiger partial charge in [-0.3, -0.25) is 19.8 Å². The van der Waals surface area contributed by atoms with Gasteiger partial charge in [0.05, 0.1) is 4.92 Å². The summed E-state index contributed by atoms with van der Waals surface area (Å²) >= 11 is 0. The maximum Gasteiger partial charge on any atom is 0.303 e. The second-order valence-electron chi connectivity index (χ2n) is 5.99. The minimum absolute atomic E-state index is 0.164.